The van der Waals surface area contributed by atoms with Gasteiger partial charge in [0.2, 0.25) is 0 Å². The maximum atomic E-state index is 6.13. The molecule has 2 unspecified atom stereocenters. The number of piperazine rings is 1. The summed E-state index contributed by atoms with van der Waals surface area (Å²) in [6, 6.07) is 7.53. The van der Waals surface area contributed by atoms with Crippen LogP contribution in [0.15, 0.2) is 18.2 Å². The number of hydrogen-bond acceptors (Lipinski definition) is 3. The predicted molar refractivity (Wildman–Crippen MR) is 86.0 cm³/mol. The lowest BCUT2D eigenvalue weighted by atomic mass is 9.94. The first-order valence-electron chi connectivity index (χ1n) is 7.82. The highest BCUT2D eigenvalue weighted by Gasteiger charge is 2.29. The van der Waals surface area contributed by atoms with Crippen molar-refractivity contribution >= 4 is 0 Å². The Kier molecular flexibility index (Phi) is 5.19. The van der Waals surface area contributed by atoms with Gasteiger partial charge in [-0.1, -0.05) is 25.1 Å². The van der Waals surface area contributed by atoms with Crippen LogP contribution in [0.4, 0.5) is 0 Å². The summed E-state index contributed by atoms with van der Waals surface area (Å²) in [4.78, 5) is 5.13. The van der Waals surface area contributed by atoms with Crippen LogP contribution in [0.25, 0.3) is 0 Å². The number of nitrogens with zero attached hydrogens (tertiary/aromatic N) is 2. The number of rotatable bonds is 4. The molecule has 0 spiro atoms. The second-order valence-corrected chi connectivity index (χ2v) is 6.03. The molecule has 3 nitrogen and oxygen atoms in total. The summed E-state index contributed by atoms with van der Waals surface area (Å²) >= 11 is 0. The minimum absolute atomic E-state index is 0.359. The van der Waals surface area contributed by atoms with Crippen molar-refractivity contribution in [3.05, 3.63) is 34.9 Å². The second-order valence-electron chi connectivity index (χ2n) is 6.03. The molecular formula is C17H29N3. The van der Waals surface area contributed by atoms with E-state index in [9.17, 15) is 0 Å². The average molecular weight is 275 g/mol. The molecule has 0 bridgehead atoms. The van der Waals surface area contributed by atoms with Crippen molar-refractivity contribution in [2.24, 2.45) is 5.73 Å². The quantitative estimate of drug-likeness (QED) is 0.915. The fraction of sp³-hybridized carbons (Fsp3) is 0.647. The van der Waals surface area contributed by atoms with Crippen molar-refractivity contribution in [3.8, 4) is 0 Å². The first-order valence-corrected chi connectivity index (χ1v) is 7.82. The van der Waals surface area contributed by atoms with Gasteiger partial charge < -0.3 is 5.73 Å². The molecule has 1 aliphatic rings. The zero-order valence-corrected chi connectivity index (χ0v) is 13.4. The maximum absolute atomic E-state index is 6.13. The molecule has 0 aromatic heterocycles. The zero-order valence-electron chi connectivity index (χ0n) is 13.4. The molecule has 1 fully saturated rings. The van der Waals surface area contributed by atoms with Gasteiger partial charge in [0.25, 0.3) is 0 Å². The largest absolute Gasteiger partial charge is 0.329 e. The van der Waals surface area contributed by atoms with Gasteiger partial charge >= 0.3 is 0 Å². The fourth-order valence-electron chi connectivity index (χ4n) is 3.58. The lowest BCUT2D eigenvalue weighted by molar-refractivity contribution is 0.0603. The van der Waals surface area contributed by atoms with E-state index in [0.29, 0.717) is 18.6 Å². The number of benzene rings is 1. The summed E-state index contributed by atoms with van der Waals surface area (Å²) < 4.78 is 0. The topological polar surface area (TPSA) is 32.5 Å². The van der Waals surface area contributed by atoms with Crippen LogP contribution < -0.4 is 5.73 Å². The molecule has 0 aliphatic carbocycles. The van der Waals surface area contributed by atoms with Gasteiger partial charge in [-0.05, 0) is 44.0 Å². The molecule has 20 heavy (non-hydrogen) atoms. The van der Waals surface area contributed by atoms with Gasteiger partial charge in [0, 0.05) is 38.3 Å². The summed E-state index contributed by atoms with van der Waals surface area (Å²) in [6.07, 6.45) is 0. The normalized spacial score (nSPS) is 22.9. The van der Waals surface area contributed by atoms with Crippen LogP contribution in [0.5, 0.6) is 0 Å². The highest BCUT2D eigenvalue weighted by Crippen LogP contribution is 2.28. The Balaban J connectivity index is 2.21. The average Bonchev–Trinajstić information content (AvgIpc) is 2.43. The first kappa shape index (κ1) is 15.5. The van der Waals surface area contributed by atoms with E-state index < -0.39 is 0 Å². The molecule has 2 rings (SSSR count). The van der Waals surface area contributed by atoms with Gasteiger partial charge in [-0.15, -0.1) is 0 Å². The molecular weight excluding hydrogens is 246 g/mol. The summed E-state index contributed by atoms with van der Waals surface area (Å²) in [5.74, 6) is 0. The molecule has 1 aromatic rings. The highest BCUT2D eigenvalue weighted by atomic mass is 15.3. The molecule has 0 radical (unpaired) electrons. The van der Waals surface area contributed by atoms with Gasteiger partial charge in [0.05, 0.1) is 0 Å². The molecule has 1 heterocycles. The van der Waals surface area contributed by atoms with E-state index in [4.69, 9.17) is 5.73 Å². The molecule has 2 atom stereocenters. The summed E-state index contributed by atoms with van der Waals surface area (Å²) in [5.41, 5.74) is 10.3. The van der Waals surface area contributed by atoms with Gasteiger partial charge in [-0.2, -0.15) is 0 Å². The van der Waals surface area contributed by atoms with E-state index >= 15 is 0 Å². The summed E-state index contributed by atoms with van der Waals surface area (Å²) in [6.45, 7) is 14.2. The van der Waals surface area contributed by atoms with Crippen LogP contribution >= 0.6 is 0 Å². The molecule has 3 heteroatoms. The fourth-order valence-corrected chi connectivity index (χ4v) is 3.58. The van der Waals surface area contributed by atoms with Crippen molar-refractivity contribution in [1.82, 2.24) is 9.80 Å². The number of hydrogen-bond donors (Lipinski definition) is 1. The lowest BCUT2D eigenvalue weighted by Crippen LogP contribution is -2.53. The van der Waals surface area contributed by atoms with Gasteiger partial charge in [0.15, 0.2) is 0 Å². The predicted octanol–water partition coefficient (Wildman–Crippen LogP) is 2.33. The van der Waals surface area contributed by atoms with Crippen molar-refractivity contribution in [3.63, 3.8) is 0 Å². The van der Waals surface area contributed by atoms with Gasteiger partial charge in [-0.25, -0.2) is 0 Å². The minimum atomic E-state index is 0.359. The van der Waals surface area contributed by atoms with Crippen molar-refractivity contribution in [1.29, 1.82) is 0 Å². The third-order valence-electron chi connectivity index (χ3n) is 4.74. The van der Waals surface area contributed by atoms with Crippen LogP contribution in [-0.2, 0) is 0 Å². The number of nitrogens with two attached hydrogens (primary N) is 1. The van der Waals surface area contributed by atoms with Gasteiger partial charge in [-0.3, -0.25) is 9.80 Å². The monoisotopic (exact) mass is 275 g/mol. The molecule has 0 saturated carbocycles. The SMILES string of the molecule is CCN1CCN(C(CN)c2c(C)cccc2C)CC1C. The van der Waals surface area contributed by atoms with E-state index in [1.54, 1.807) is 0 Å². The lowest BCUT2D eigenvalue weighted by Gasteiger charge is -2.43. The third-order valence-corrected chi connectivity index (χ3v) is 4.74. The number of likely N-dealkylation sites (N-methyl/N-ethyl adjacent to an activating group) is 1. The Hall–Kier alpha value is -0.900. The van der Waals surface area contributed by atoms with Crippen LogP contribution in [0, 0.1) is 13.8 Å². The Labute approximate surface area is 123 Å². The Morgan fingerprint density at radius 1 is 1.25 bits per heavy atom. The van der Waals surface area contributed by atoms with E-state index in [-0.39, 0.29) is 0 Å². The Bertz CT molecular complexity index is 424. The summed E-state index contributed by atoms with van der Waals surface area (Å²) in [5, 5.41) is 0. The molecule has 2 N–H and O–H groups in total. The van der Waals surface area contributed by atoms with Crippen LogP contribution in [0.1, 0.15) is 36.6 Å². The van der Waals surface area contributed by atoms with E-state index in [1.807, 2.05) is 0 Å². The van der Waals surface area contributed by atoms with Crippen LogP contribution in [-0.4, -0.2) is 48.6 Å². The minimum Gasteiger partial charge on any atom is -0.329 e. The molecule has 1 aromatic carbocycles. The molecule has 1 saturated heterocycles. The Morgan fingerprint density at radius 2 is 1.90 bits per heavy atom. The second kappa shape index (κ2) is 6.70. The molecule has 1 aliphatic heterocycles. The smallest absolute Gasteiger partial charge is 0.0476 e. The zero-order chi connectivity index (χ0) is 14.7. The standard InChI is InChI=1S/C17H29N3/c1-5-19-9-10-20(12-15(19)4)16(11-18)17-13(2)7-6-8-14(17)3/h6-8,15-16H,5,9-12,18H2,1-4H3. The van der Waals surface area contributed by atoms with Crippen molar-refractivity contribution in [2.75, 3.05) is 32.7 Å². The third kappa shape index (κ3) is 3.05. The van der Waals surface area contributed by atoms with Crippen LogP contribution in [0.3, 0.4) is 0 Å². The first-order chi connectivity index (χ1) is 9.58. The number of aryl methyl sites for hydroxylation is 2. The van der Waals surface area contributed by atoms with Gasteiger partial charge in [0.1, 0.15) is 0 Å². The highest BCUT2D eigenvalue weighted by molar-refractivity contribution is 5.36. The Morgan fingerprint density at radius 3 is 2.40 bits per heavy atom. The summed E-state index contributed by atoms with van der Waals surface area (Å²) in [7, 11) is 0. The van der Waals surface area contributed by atoms with E-state index in [1.165, 1.54) is 16.7 Å². The van der Waals surface area contributed by atoms with E-state index in [0.717, 1.165) is 26.2 Å². The van der Waals surface area contributed by atoms with Crippen LogP contribution in [0.2, 0.25) is 0 Å². The molecule has 112 valence electrons. The van der Waals surface area contributed by atoms with E-state index in [2.05, 4.69) is 55.7 Å². The van der Waals surface area contributed by atoms with Crippen molar-refractivity contribution in [2.45, 2.75) is 39.8 Å². The van der Waals surface area contributed by atoms with Crippen molar-refractivity contribution < 1.29 is 0 Å². The maximum Gasteiger partial charge on any atom is 0.0476 e. The molecule has 0 amide bonds.